The van der Waals surface area contributed by atoms with Gasteiger partial charge in [0.25, 0.3) is 0 Å². The standard InChI is InChI=1S/C16H24N2O2S/c1-12-3-5-13(6-4-12)11-21-16(14(17)15(19)20)7-9-18(2)10-8-16/h3-6,14H,7-11,17H2,1-2H3,(H,19,20). The fourth-order valence-electron chi connectivity index (χ4n) is 2.68. The lowest BCUT2D eigenvalue weighted by molar-refractivity contribution is -0.139. The van der Waals surface area contributed by atoms with E-state index in [-0.39, 0.29) is 4.75 Å². The van der Waals surface area contributed by atoms with E-state index in [0.717, 1.165) is 31.7 Å². The molecule has 5 heteroatoms. The van der Waals surface area contributed by atoms with Gasteiger partial charge in [0.2, 0.25) is 0 Å². The van der Waals surface area contributed by atoms with Gasteiger partial charge >= 0.3 is 5.97 Å². The molecule has 0 saturated carbocycles. The monoisotopic (exact) mass is 308 g/mol. The zero-order valence-corrected chi connectivity index (χ0v) is 13.5. The molecule has 4 nitrogen and oxygen atoms in total. The minimum absolute atomic E-state index is 0.358. The van der Waals surface area contributed by atoms with Gasteiger partial charge in [-0.1, -0.05) is 29.8 Å². The van der Waals surface area contributed by atoms with Crippen LogP contribution in [0.3, 0.4) is 0 Å². The third-order valence-corrected chi connectivity index (χ3v) is 6.03. The predicted molar refractivity (Wildman–Crippen MR) is 87.5 cm³/mol. The van der Waals surface area contributed by atoms with Crippen molar-refractivity contribution in [2.24, 2.45) is 5.73 Å². The molecule has 1 saturated heterocycles. The minimum Gasteiger partial charge on any atom is -0.480 e. The molecule has 2 rings (SSSR count). The van der Waals surface area contributed by atoms with Gasteiger partial charge in [-0.25, -0.2) is 0 Å². The summed E-state index contributed by atoms with van der Waals surface area (Å²) in [7, 11) is 2.07. The first kappa shape index (κ1) is 16.3. The molecule has 1 aromatic carbocycles. The second kappa shape index (κ2) is 6.81. The number of hydrogen-bond acceptors (Lipinski definition) is 4. The van der Waals surface area contributed by atoms with Crippen molar-refractivity contribution >= 4 is 17.7 Å². The van der Waals surface area contributed by atoms with Crippen molar-refractivity contribution in [2.75, 3.05) is 20.1 Å². The molecule has 0 aromatic heterocycles. The highest BCUT2D eigenvalue weighted by molar-refractivity contribution is 8.00. The summed E-state index contributed by atoms with van der Waals surface area (Å²) in [4.78, 5) is 13.6. The minimum atomic E-state index is -0.893. The van der Waals surface area contributed by atoms with Crippen LogP contribution in [0.15, 0.2) is 24.3 Å². The molecule has 1 heterocycles. The number of carboxylic acids is 1. The molecule has 3 N–H and O–H groups in total. The molecule has 1 aliphatic heterocycles. The van der Waals surface area contributed by atoms with Gasteiger partial charge < -0.3 is 15.7 Å². The van der Waals surface area contributed by atoms with E-state index in [1.807, 2.05) is 0 Å². The molecule has 1 aliphatic rings. The van der Waals surface area contributed by atoms with E-state index in [4.69, 9.17) is 5.73 Å². The first-order valence-corrected chi connectivity index (χ1v) is 8.28. The third-order valence-electron chi connectivity index (χ3n) is 4.31. The number of hydrogen-bond donors (Lipinski definition) is 2. The average Bonchev–Trinajstić information content (AvgIpc) is 2.48. The fourth-order valence-corrected chi connectivity index (χ4v) is 4.08. The van der Waals surface area contributed by atoms with E-state index in [9.17, 15) is 9.90 Å². The van der Waals surface area contributed by atoms with Crippen molar-refractivity contribution in [3.63, 3.8) is 0 Å². The Hall–Kier alpha value is -1.04. The number of thioether (sulfide) groups is 1. The average molecular weight is 308 g/mol. The molecule has 1 aromatic rings. The number of aryl methyl sites for hydroxylation is 1. The maximum absolute atomic E-state index is 11.4. The van der Waals surface area contributed by atoms with Gasteiger partial charge in [-0.05, 0) is 45.5 Å². The van der Waals surface area contributed by atoms with Gasteiger partial charge in [0.15, 0.2) is 0 Å². The largest absolute Gasteiger partial charge is 0.480 e. The second-order valence-electron chi connectivity index (χ2n) is 5.96. The lowest BCUT2D eigenvalue weighted by atomic mass is 9.89. The first-order chi connectivity index (χ1) is 9.93. The Morgan fingerprint density at radius 2 is 1.95 bits per heavy atom. The van der Waals surface area contributed by atoms with Crippen molar-refractivity contribution < 1.29 is 9.90 Å². The highest BCUT2D eigenvalue weighted by atomic mass is 32.2. The van der Waals surface area contributed by atoms with Crippen molar-refractivity contribution in [2.45, 2.75) is 36.3 Å². The maximum atomic E-state index is 11.4. The molecule has 1 atom stereocenters. The Bertz CT molecular complexity index is 482. The smallest absolute Gasteiger partial charge is 0.321 e. The SMILES string of the molecule is Cc1ccc(CSC2(C(N)C(=O)O)CCN(C)CC2)cc1. The van der Waals surface area contributed by atoms with Crippen LogP contribution in [0.2, 0.25) is 0 Å². The van der Waals surface area contributed by atoms with Gasteiger partial charge in [-0.15, -0.1) is 11.8 Å². The van der Waals surface area contributed by atoms with Crippen LogP contribution in [0.5, 0.6) is 0 Å². The van der Waals surface area contributed by atoms with Crippen molar-refractivity contribution in [3.8, 4) is 0 Å². The Morgan fingerprint density at radius 1 is 1.38 bits per heavy atom. The van der Waals surface area contributed by atoms with E-state index in [1.54, 1.807) is 11.8 Å². The van der Waals surface area contributed by atoms with Crippen molar-refractivity contribution in [1.29, 1.82) is 0 Å². The number of nitrogens with two attached hydrogens (primary N) is 1. The Morgan fingerprint density at radius 3 is 2.48 bits per heavy atom. The van der Waals surface area contributed by atoms with Crippen LogP contribution < -0.4 is 5.73 Å². The quantitative estimate of drug-likeness (QED) is 0.872. The van der Waals surface area contributed by atoms with Crippen LogP contribution in [0.1, 0.15) is 24.0 Å². The summed E-state index contributed by atoms with van der Waals surface area (Å²) in [5, 5.41) is 9.35. The number of carboxylic acid groups (broad SMARTS) is 1. The van der Waals surface area contributed by atoms with Gasteiger partial charge in [-0.3, -0.25) is 4.79 Å². The van der Waals surface area contributed by atoms with E-state index in [1.165, 1.54) is 11.1 Å². The Labute approximate surface area is 130 Å². The molecule has 0 spiro atoms. The number of carbonyl (C=O) groups is 1. The zero-order valence-electron chi connectivity index (χ0n) is 12.7. The molecule has 1 unspecified atom stereocenters. The predicted octanol–water partition coefficient (Wildman–Crippen LogP) is 2.10. The normalized spacial score (nSPS) is 20.1. The number of aliphatic carboxylic acids is 1. The summed E-state index contributed by atoms with van der Waals surface area (Å²) in [5.41, 5.74) is 8.48. The number of benzene rings is 1. The summed E-state index contributed by atoms with van der Waals surface area (Å²) in [5.74, 6) is -0.0821. The lowest BCUT2D eigenvalue weighted by Gasteiger charge is -2.42. The van der Waals surface area contributed by atoms with E-state index >= 15 is 0 Å². The van der Waals surface area contributed by atoms with Crippen LogP contribution in [0.4, 0.5) is 0 Å². The summed E-state index contributed by atoms with van der Waals surface area (Å²) in [6.45, 7) is 3.87. The first-order valence-electron chi connectivity index (χ1n) is 7.29. The topological polar surface area (TPSA) is 66.6 Å². The second-order valence-corrected chi connectivity index (χ2v) is 7.35. The van der Waals surface area contributed by atoms with Crippen LogP contribution in [0, 0.1) is 6.92 Å². The molecular formula is C16H24N2O2S. The summed E-state index contributed by atoms with van der Waals surface area (Å²) in [6, 6.07) is 7.60. The number of piperidine rings is 1. The molecule has 0 bridgehead atoms. The lowest BCUT2D eigenvalue weighted by Crippen LogP contribution is -2.55. The zero-order chi connectivity index (χ0) is 15.5. The third kappa shape index (κ3) is 3.99. The van der Waals surface area contributed by atoms with Crippen LogP contribution >= 0.6 is 11.8 Å². The molecule has 0 amide bonds. The number of rotatable bonds is 5. The molecule has 0 aliphatic carbocycles. The van der Waals surface area contributed by atoms with E-state index < -0.39 is 12.0 Å². The van der Waals surface area contributed by atoms with Crippen LogP contribution in [-0.2, 0) is 10.5 Å². The molecular weight excluding hydrogens is 284 g/mol. The Kier molecular flexibility index (Phi) is 5.30. The van der Waals surface area contributed by atoms with Gasteiger partial charge in [0.1, 0.15) is 6.04 Å². The molecule has 0 radical (unpaired) electrons. The van der Waals surface area contributed by atoms with Crippen LogP contribution in [-0.4, -0.2) is 46.9 Å². The highest BCUT2D eigenvalue weighted by Gasteiger charge is 2.43. The van der Waals surface area contributed by atoms with Crippen molar-refractivity contribution in [1.82, 2.24) is 4.90 Å². The maximum Gasteiger partial charge on any atom is 0.321 e. The van der Waals surface area contributed by atoms with Gasteiger partial charge in [0.05, 0.1) is 0 Å². The van der Waals surface area contributed by atoms with Crippen LogP contribution in [0.25, 0.3) is 0 Å². The van der Waals surface area contributed by atoms with Gasteiger partial charge in [-0.2, -0.15) is 0 Å². The summed E-state index contributed by atoms with van der Waals surface area (Å²) in [6.07, 6.45) is 1.65. The summed E-state index contributed by atoms with van der Waals surface area (Å²) < 4.78 is -0.358. The fraction of sp³-hybridized carbons (Fsp3) is 0.562. The van der Waals surface area contributed by atoms with E-state index in [0.29, 0.717) is 0 Å². The molecule has 21 heavy (non-hydrogen) atoms. The molecule has 1 fully saturated rings. The Balaban J connectivity index is 2.09. The van der Waals surface area contributed by atoms with Crippen molar-refractivity contribution in [3.05, 3.63) is 35.4 Å². The van der Waals surface area contributed by atoms with E-state index in [2.05, 4.69) is 43.1 Å². The van der Waals surface area contributed by atoms with Gasteiger partial charge in [0, 0.05) is 10.5 Å². The molecule has 116 valence electrons. The number of likely N-dealkylation sites (tertiary alicyclic amines) is 1. The highest BCUT2D eigenvalue weighted by Crippen LogP contribution is 2.40. The number of nitrogens with zero attached hydrogens (tertiary/aromatic N) is 1. The summed E-state index contributed by atoms with van der Waals surface area (Å²) >= 11 is 1.71.